The SMILES string of the molecule is NCC(=O)N1CCCC[C@H]1C(=O)N[C@@H](CCC(=O)O)C(=O)NCC(=O)N1CCCC[C@H]1C(=O)N[C@@H](CCC(=O)O)C(=O)O. The van der Waals surface area contributed by atoms with Crippen LogP contribution in [0.1, 0.15) is 64.2 Å². The fourth-order valence-corrected chi connectivity index (χ4v) is 5.11. The Kier molecular flexibility index (Phi) is 13.8. The molecule has 0 bridgehead atoms. The van der Waals surface area contributed by atoms with Crippen LogP contribution in [0.4, 0.5) is 0 Å². The number of nitrogens with one attached hydrogen (secondary N) is 3. The molecule has 2 aliphatic heterocycles. The van der Waals surface area contributed by atoms with Gasteiger partial charge >= 0.3 is 17.9 Å². The number of carboxylic acids is 3. The Morgan fingerprint density at radius 3 is 1.63 bits per heavy atom. The molecule has 2 rings (SSSR count). The number of hydrogen-bond acceptors (Lipinski definition) is 9. The highest BCUT2D eigenvalue weighted by atomic mass is 16.4. The van der Waals surface area contributed by atoms with Crippen LogP contribution in [0.5, 0.6) is 0 Å². The van der Waals surface area contributed by atoms with Crippen LogP contribution in [0, 0.1) is 0 Å². The second kappa shape index (κ2) is 17.0. The van der Waals surface area contributed by atoms with Gasteiger partial charge in [-0.2, -0.15) is 0 Å². The third kappa shape index (κ3) is 10.8. The second-order valence-corrected chi connectivity index (χ2v) is 10.4. The number of carboxylic acid groups (broad SMARTS) is 3. The smallest absolute Gasteiger partial charge is 0.326 e. The molecule has 0 aromatic carbocycles. The lowest BCUT2D eigenvalue weighted by atomic mass is 10.00. The summed E-state index contributed by atoms with van der Waals surface area (Å²) in [6.45, 7) is -0.439. The number of amides is 5. The van der Waals surface area contributed by atoms with Crippen molar-refractivity contribution >= 4 is 47.4 Å². The van der Waals surface area contributed by atoms with Gasteiger partial charge in [0, 0.05) is 25.9 Å². The first kappa shape index (κ1) is 34.9. The summed E-state index contributed by atoms with van der Waals surface area (Å²) in [4.78, 5) is 100. The highest BCUT2D eigenvalue weighted by Crippen LogP contribution is 2.19. The van der Waals surface area contributed by atoms with Crippen LogP contribution in [0.3, 0.4) is 0 Å². The largest absolute Gasteiger partial charge is 0.481 e. The van der Waals surface area contributed by atoms with Crippen LogP contribution >= 0.6 is 0 Å². The number of rotatable bonds is 15. The van der Waals surface area contributed by atoms with Crippen molar-refractivity contribution in [2.75, 3.05) is 26.2 Å². The molecule has 2 aliphatic rings. The van der Waals surface area contributed by atoms with E-state index in [4.69, 9.17) is 15.9 Å². The molecule has 0 unspecified atom stereocenters. The number of carbonyl (C=O) groups excluding carboxylic acids is 5. The summed E-state index contributed by atoms with van der Waals surface area (Å²) >= 11 is 0. The highest BCUT2D eigenvalue weighted by molar-refractivity contribution is 5.95. The molecule has 5 amide bonds. The molecule has 0 aromatic heterocycles. The number of aliphatic carboxylic acids is 3. The molecule has 0 aliphatic carbocycles. The monoisotopic (exact) mass is 612 g/mol. The molecule has 2 fully saturated rings. The minimum atomic E-state index is -1.47. The predicted molar refractivity (Wildman–Crippen MR) is 146 cm³/mol. The van der Waals surface area contributed by atoms with Gasteiger partial charge in [-0.25, -0.2) is 4.79 Å². The summed E-state index contributed by atoms with van der Waals surface area (Å²) in [6.07, 6.45) is 1.39. The third-order valence-electron chi connectivity index (χ3n) is 7.38. The topological polar surface area (TPSA) is 266 Å². The van der Waals surface area contributed by atoms with Gasteiger partial charge < -0.3 is 46.8 Å². The van der Waals surface area contributed by atoms with Crippen molar-refractivity contribution in [3.8, 4) is 0 Å². The average Bonchev–Trinajstić information content (AvgIpc) is 2.98. The van der Waals surface area contributed by atoms with Crippen molar-refractivity contribution < 1.29 is 53.7 Å². The first-order valence-corrected chi connectivity index (χ1v) is 14.2. The summed E-state index contributed by atoms with van der Waals surface area (Å²) in [5.41, 5.74) is 5.45. The molecule has 0 spiro atoms. The van der Waals surface area contributed by atoms with Crippen LogP contribution in [0.2, 0.25) is 0 Å². The van der Waals surface area contributed by atoms with Gasteiger partial charge in [0.25, 0.3) is 0 Å². The normalized spacial score (nSPS) is 19.8. The Hall–Kier alpha value is -4.28. The third-order valence-corrected chi connectivity index (χ3v) is 7.38. The average molecular weight is 613 g/mol. The molecule has 0 saturated carbocycles. The maximum atomic E-state index is 13.1. The molecule has 2 saturated heterocycles. The van der Waals surface area contributed by atoms with Gasteiger partial charge in [0.05, 0.1) is 13.1 Å². The van der Waals surface area contributed by atoms with Gasteiger partial charge in [-0.3, -0.25) is 33.6 Å². The van der Waals surface area contributed by atoms with Crippen molar-refractivity contribution in [1.82, 2.24) is 25.8 Å². The van der Waals surface area contributed by atoms with Gasteiger partial charge in [-0.1, -0.05) is 0 Å². The zero-order valence-electron chi connectivity index (χ0n) is 23.8. The predicted octanol–water partition coefficient (Wildman–Crippen LogP) is -2.39. The fourth-order valence-electron chi connectivity index (χ4n) is 5.11. The molecule has 8 N–H and O–H groups in total. The Labute approximate surface area is 247 Å². The second-order valence-electron chi connectivity index (χ2n) is 10.4. The molecule has 4 atom stereocenters. The van der Waals surface area contributed by atoms with Gasteiger partial charge in [-0.05, 0) is 51.4 Å². The number of piperidine rings is 2. The van der Waals surface area contributed by atoms with E-state index in [2.05, 4.69) is 16.0 Å². The van der Waals surface area contributed by atoms with Crippen LogP contribution in [-0.2, 0) is 38.4 Å². The fraction of sp³-hybridized carbons (Fsp3) is 0.692. The van der Waals surface area contributed by atoms with Gasteiger partial charge in [0.1, 0.15) is 24.2 Å². The van der Waals surface area contributed by atoms with Crippen LogP contribution in [0.15, 0.2) is 0 Å². The molecule has 0 aromatic rings. The first-order chi connectivity index (χ1) is 20.3. The quantitative estimate of drug-likeness (QED) is 0.102. The van der Waals surface area contributed by atoms with E-state index in [0.717, 1.165) is 0 Å². The van der Waals surface area contributed by atoms with E-state index in [-0.39, 0.29) is 32.4 Å². The van der Waals surface area contributed by atoms with E-state index in [1.54, 1.807) is 0 Å². The van der Waals surface area contributed by atoms with E-state index >= 15 is 0 Å². The van der Waals surface area contributed by atoms with E-state index in [1.807, 2.05) is 0 Å². The molecule has 17 heteroatoms. The van der Waals surface area contributed by atoms with Gasteiger partial charge in [0.15, 0.2) is 0 Å². The Morgan fingerprint density at radius 2 is 1.16 bits per heavy atom. The molecule has 43 heavy (non-hydrogen) atoms. The van der Waals surface area contributed by atoms with E-state index in [1.165, 1.54) is 9.80 Å². The van der Waals surface area contributed by atoms with Crippen LogP contribution in [-0.4, -0.2) is 123 Å². The van der Waals surface area contributed by atoms with E-state index < -0.39 is 91.0 Å². The van der Waals surface area contributed by atoms with Crippen molar-refractivity contribution in [3.05, 3.63) is 0 Å². The lowest BCUT2D eigenvalue weighted by Gasteiger charge is -2.36. The maximum Gasteiger partial charge on any atom is 0.326 e. The molecular formula is C26H40N6O11. The molecular weight excluding hydrogens is 572 g/mol. The van der Waals surface area contributed by atoms with Gasteiger partial charge in [0.2, 0.25) is 29.5 Å². The molecule has 0 radical (unpaired) electrons. The standard InChI is InChI=1S/C26H40N6O11/c27-13-19(33)31-11-3-1-5-17(31)24(40)29-15(7-9-21(35)36)23(39)28-14-20(34)32-12-4-2-6-18(32)25(41)30-16(26(42)43)8-10-22(37)38/h15-18H,1-14,27H2,(H,28,39)(H,29,40)(H,30,41)(H,35,36)(H,37,38)(H,42,43)/t15-,16-,17-,18-/m0/s1. The van der Waals surface area contributed by atoms with Crippen molar-refractivity contribution in [3.63, 3.8) is 0 Å². The van der Waals surface area contributed by atoms with Gasteiger partial charge in [-0.15, -0.1) is 0 Å². The molecule has 2 heterocycles. The zero-order chi connectivity index (χ0) is 32.1. The summed E-state index contributed by atoms with van der Waals surface area (Å²) in [5, 5.41) is 34.5. The summed E-state index contributed by atoms with van der Waals surface area (Å²) in [7, 11) is 0. The number of nitrogens with two attached hydrogens (primary N) is 1. The lowest BCUT2D eigenvalue weighted by Crippen LogP contribution is -2.58. The minimum absolute atomic E-state index is 0.144. The zero-order valence-corrected chi connectivity index (χ0v) is 23.8. The molecule has 17 nitrogen and oxygen atoms in total. The Balaban J connectivity index is 2.06. The van der Waals surface area contributed by atoms with Crippen LogP contribution in [0.25, 0.3) is 0 Å². The molecule has 240 valence electrons. The Morgan fingerprint density at radius 1 is 0.698 bits per heavy atom. The summed E-state index contributed by atoms with van der Waals surface area (Å²) in [6, 6.07) is -4.74. The van der Waals surface area contributed by atoms with E-state index in [9.17, 15) is 43.5 Å². The number of likely N-dealkylation sites (tertiary alicyclic amines) is 2. The summed E-state index contributed by atoms with van der Waals surface area (Å²) < 4.78 is 0. The Bertz CT molecular complexity index is 1080. The summed E-state index contributed by atoms with van der Waals surface area (Å²) in [5.74, 6) is -7.24. The van der Waals surface area contributed by atoms with Crippen molar-refractivity contribution in [1.29, 1.82) is 0 Å². The lowest BCUT2D eigenvalue weighted by molar-refractivity contribution is -0.146. The van der Waals surface area contributed by atoms with Crippen molar-refractivity contribution in [2.24, 2.45) is 5.73 Å². The maximum absolute atomic E-state index is 13.1. The minimum Gasteiger partial charge on any atom is -0.481 e. The van der Waals surface area contributed by atoms with E-state index in [0.29, 0.717) is 38.6 Å². The highest BCUT2D eigenvalue weighted by Gasteiger charge is 2.36. The number of nitrogens with zero attached hydrogens (tertiary/aromatic N) is 2. The first-order valence-electron chi connectivity index (χ1n) is 14.2. The van der Waals surface area contributed by atoms with Crippen molar-refractivity contribution in [2.45, 2.75) is 88.4 Å². The number of carbonyl (C=O) groups is 8. The number of hydrogen-bond donors (Lipinski definition) is 7. The van der Waals surface area contributed by atoms with Crippen LogP contribution < -0.4 is 21.7 Å².